The number of carbonyl (C=O) groups excluding carboxylic acids is 2. The lowest BCUT2D eigenvalue weighted by Gasteiger charge is -2.59. The second-order valence-corrected chi connectivity index (χ2v) is 10.6. The highest BCUT2D eigenvalue weighted by Gasteiger charge is 2.61. The van der Waals surface area contributed by atoms with Crippen molar-refractivity contribution < 1.29 is 19.4 Å². The Morgan fingerprint density at radius 1 is 1.31 bits per heavy atom. The Kier molecular flexibility index (Phi) is 5.30. The van der Waals surface area contributed by atoms with Gasteiger partial charge in [-0.2, -0.15) is 0 Å². The summed E-state index contributed by atoms with van der Waals surface area (Å²) < 4.78 is 4.73. The van der Waals surface area contributed by atoms with Crippen molar-refractivity contribution >= 4 is 11.8 Å². The number of methoxy groups -OCH3 is 1. The van der Waals surface area contributed by atoms with Crippen LogP contribution in [0.2, 0.25) is 0 Å². The molecule has 1 N–H and O–H groups in total. The van der Waals surface area contributed by atoms with Crippen LogP contribution in [0.4, 0.5) is 0 Å². The fourth-order valence-corrected chi connectivity index (χ4v) is 7.76. The second-order valence-electron chi connectivity index (χ2n) is 10.6. The molecule has 0 saturated heterocycles. The van der Waals surface area contributed by atoms with Gasteiger partial charge < -0.3 is 9.84 Å². The zero-order valence-electron chi connectivity index (χ0n) is 18.3. The number of esters is 1. The van der Waals surface area contributed by atoms with Crippen LogP contribution in [0, 0.1) is 40.4 Å². The van der Waals surface area contributed by atoms with Crippen LogP contribution in [0.25, 0.3) is 0 Å². The van der Waals surface area contributed by atoms with Gasteiger partial charge in [0.15, 0.2) is 0 Å². The van der Waals surface area contributed by atoms with Crippen molar-refractivity contribution in [3.63, 3.8) is 0 Å². The third kappa shape index (κ3) is 3.22. The van der Waals surface area contributed by atoms with Crippen molar-refractivity contribution in [2.24, 2.45) is 40.4 Å². The minimum atomic E-state index is -0.331. The topological polar surface area (TPSA) is 63.6 Å². The Balaban J connectivity index is 1.59. The van der Waals surface area contributed by atoms with E-state index in [0.717, 1.165) is 38.5 Å². The molecule has 4 aliphatic carbocycles. The molecule has 0 radical (unpaired) electrons. The van der Waals surface area contributed by atoms with Crippen molar-refractivity contribution in [3.05, 3.63) is 23.8 Å². The van der Waals surface area contributed by atoms with Gasteiger partial charge in [0.25, 0.3) is 0 Å². The molecule has 3 saturated carbocycles. The van der Waals surface area contributed by atoms with E-state index < -0.39 is 0 Å². The van der Waals surface area contributed by atoms with E-state index in [2.05, 4.69) is 26.8 Å². The largest absolute Gasteiger partial charge is 0.466 e. The molecule has 0 aromatic heterocycles. The molecule has 4 rings (SSSR count). The minimum Gasteiger partial charge on any atom is -0.466 e. The Morgan fingerprint density at radius 3 is 2.79 bits per heavy atom. The molecule has 160 valence electrons. The molecule has 0 aromatic rings. The van der Waals surface area contributed by atoms with Gasteiger partial charge in [0.2, 0.25) is 0 Å². The van der Waals surface area contributed by atoms with Crippen molar-refractivity contribution in [2.75, 3.05) is 7.11 Å². The van der Waals surface area contributed by atoms with Gasteiger partial charge in [0, 0.05) is 18.4 Å². The smallest absolute Gasteiger partial charge is 0.330 e. The molecule has 29 heavy (non-hydrogen) atoms. The number of Topliss-reactive ketones (excluding diaryl/α,β-unsaturated/α-hetero) is 1. The first-order chi connectivity index (χ1) is 13.7. The lowest BCUT2D eigenvalue weighted by Crippen LogP contribution is -2.57. The van der Waals surface area contributed by atoms with Crippen molar-refractivity contribution in [3.8, 4) is 0 Å². The Morgan fingerprint density at radius 2 is 2.07 bits per heavy atom. The Hall–Kier alpha value is -1.42. The lowest BCUT2D eigenvalue weighted by molar-refractivity contribution is -0.158. The van der Waals surface area contributed by atoms with Crippen LogP contribution in [-0.4, -0.2) is 30.1 Å². The standard InChI is InChI=1S/C25H36O4/c1-15(5-10-22(28)29-4)19-8-9-20-18-7-6-16-13-17(26)11-12-24(16,2)23(18)21(27)14-25(19,20)3/h5,8,10,15-18,20,23,26H,6-7,9,11-14H2,1-4H3/b10-5+/t15-,16-,17+,18?,20?,23?,24+,25-/m1/s1. The molecule has 0 heterocycles. The Bertz CT molecular complexity index is 752. The van der Waals surface area contributed by atoms with Gasteiger partial charge in [-0.15, -0.1) is 0 Å². The van der Waals surface area contributed by atoms with Gasteiger partial charge in [-0.25, -0.2) is 4.79 Å². The summed E-state index contributed by atoms with van der Waals surface area (Å²) in [7, 11) is 1.39. The first kappa shape index (κ1) is 20.8. The summed E-state index contributed by atoms with van der Waals surface area (Å²) in [5.74, 6) is 1.83. The number of ketones is 1. The van der Waals surface area contributed by atoms with Crippen LogP contribution in [0.1, 0.15) is 65.7 Å². The van der Waals surface area contributed by atoms with Crippen LogP contribution >= 0.6 is 0 Å². The summed E-state index contributed by atoms with van der Waals surface area (Å²) in [5.41, 5.74) is 1.27. The SMILES string of the molecule is COC(=O)/C=C/[C@@H](C)C1=CCC2C3CC[C@@H]4C[C@@H](O)CC[C@]4(C)C3C(=O)C[C@]12C. The second kappa shape index (κ2) is 7.37. The van der Waals surface area contributed by atoms with E-state index in [9.17, 15) is 14.7 Å². The van der Waals surface area contributed by atoms with Crippen molar-refractivity contribution in [2.45, 2.75) is 71.8 Å². The number of ether oxygens (including phenoxy) is 1. The zero-order valence-corrected chi connectivity index (χ0v) is 18.3. The van der Waals surface area contributed by atoms with E-state index in [1.165, 1.54) is 18.8 Å². The van der Waals surface area contributed by atoms with Gasteiger partial charge in [-0.1, -0.05) is 38.5 Å². The first-order valence-corrected chi connectivity index (χ1v) is 11.4. The van der Waals surface area contributed by atoms with Gasteiger partial charge in [0.1, 0.15) is 5.78 Å². The van der Waals surface area contributed by atoms with Gasteiger partial charge in [-0.05, 0) is 73.0 Å². The van der Waals surface area contributed by atoms with Gasteiger partial charge in [-0.3, -0.25) is 4.79 Å². The molecule has 4 heteroatoms. The molecule has 0 amide bonds. The average molecular weight is 401 g/mol. The van der Waals surface area contributed by atoms with Crippen LogP contribution in [0.15, 0.2) is 23.8 Å². The average Bonchev–Trinajstić information content (AvgIpc) is 3.02. The molecule has 0 spiro atoms. The number of carbonyl (C=O) groups is 2. The number of hydrogen-bond acceptors (Lipinski definition) is 4. The third-order valence-corrected chi connectivity index (χ3v) is 9.18. The highest BCUT2D eigenvalue weighted by Crippen LogP contribution is 2.65. The van der Waals surface area contributed by atoms with E-state index in [0.29, 0.717) is 30.0 Å². The predicted molar refractivity (Wildman–Crippen MR) is 112 cm³/mol. The summed E-state index contributed by atoms with van der Waals surface area (Å²) in [5, 5.41) is 10.2. The summed E-state index contributed by atoms with van der Waals surface area (Å²) in [6.45, 7) is 6.74. The summed E-state index contributed by atoms with van der Waals surface area (Å²) in [6.07, 6.45) is 12.2. The molecule has 3 unspecified atom stereocenters. The molecule has 3 fully saturated rings. The molecule has 0 bridgehead atoms. The van der Waals surface area contributed by atoms with E-state index in [-0.39, 0.29) is 34.7 Å². The summed E-state index contributed by atoms with van der Waals surface area (Å²) in [6, 6.07) is 0. The van der Waals surface area contributed by atoms with Crippen molar-refractivity contribution in [1.29, 1.82) is 0 Å². The fourth-order valence-electron chi connectivity index (χ4n) is 7.76. The summed E-state index contributed by atoms with van der Waals surface area (Å²) in [4.78, 5) is 25.1. The van der Waals surface area contributed by atoms with Crippen LogP contribution < -0.4 is 0 Å². The van der Waals surface area contributed by atoms with E-state index >= 15 is 0 Å². The summed E-state index contributed by atoms with van der Waals surface area (Å²) >= 11 is 0. The van der Waals surface area contributed by atoms with Crippen LogP contribution in [0.5, 0.6) is 0 Å². The predicted octanol–water partition coefficient (Wildman–Crippen LogP) is 4.47. The molecule has 4 aliphatic rings. The molecule has 8 atom stereocenters. The third-order valence-electron chi connectivity index (χ3n) is 9.18. The lowest BCUT2D eigenvalue weighted by atomic mass is 9.44. The number of aliphatic hydroxyl groups is 1. The quantitative estimate of drug-likeness (QED) is 0.431. The maximum absolute atomic E-state index is 13.6. The number of allylic oxidation sites excluding steroid dienone is 3. The molecule has 0 aliphatic heterocycles. The minimum absolute atomic E-state index is 0.0553. The van der Waals surface area contributed by atoms with Crippen molar-refractivity contribution in [1.82, 2.24) is 0 Å². The zero-order chi connectivity index (χ0) is 21.0. The molecular formula is C25H36O4. The highest BCUT2D eigenvalue weighted by atomic mass is 16.5. The van der Waals surface area contributed by atoms with E-state index in [1.807, 2.05) is 6.08 Å². The van der Waals surface area contributed by atoms with E-state index in [1.54, 1.807) is 0 Å². The molecular weight excluding hydrogens is 364 g/mol. The van der Waals surface area contributed by atoms with Crippen LogP contribution in [-0.2, 0) is 14.3 Å². The number of hydrogen-bond donors (Lipinski definition) is 1. The van der Waals surface area contributed by atoms with Gasteiger partial charge in [0.05, 0.1) is 13.2 Å². The normalized spacial score (nSPS) is 45.2. The highest BCUT2D eigenvalue weighted by molar-refractivity contribution is 5.85. The fraction of sp³-hybridized carbons (Fsp3) is 0.760. The Labute approximate surface area is 174 Å². The first-order valence-electron chi connectivity index (χ1n) is 11.4. The molecule has 0 aromatic carbocycles. The van der Waals surface area contributed by atoms with E-state index in [4.69, 9.17) is 4.74 Å². The van der Waals surface area contributed by atoms with Gasteiger partial charge >= 0.3 is 5.97 Å². The molecule has 4 nitrogen and oxygen atoms in total. The number of aliphatic hydroxyl groups excluding tert-OH is 1. The maximum Gasteiger partial charge on any atom is 0.330 e. The monoisotopic (exact) mass is 400 g/mol. The number of fused-ring (bicyclic) bond motifs is 5. The number of rotatable bonds is 3. The maximum atomic E-state index is 13.6. The van der Waals surface area contributed by atoms with Crippen LogP contribution in [0.3, 0.4) is 0 Å².